The summed E-state index contributed by atoms with van der Waals surface area (Å²) in [5.74, 6) is -0.938. The van der Waals surface area contributed by atoms with E-state index in [1.165, 1.54) is 109 Å². The van der Waals surface area contributed by atoms with Crippen LogP contribution in [0.25, 0.3) is 0 Å². The van der Waals surface area contributed by atoms with Crippen LogP contribution in [0.3, 0.4) is 0 Å². The molecule has 0 radical (unpaired) electrons. The molecule has 0 heterocycles. The van der Waals surface area contributed by atoms with Crippen LogP contribution < -0.4 is 0 Å². The molecule has 1 atom stereocenters. The Morgan fingerprint density at radius 2 is 0.549 bits per heavy atom. The Bertz CT molecular complexity index is 1460. The number of esters is 3. The normalized spacial score (nSPS) is 12.9. The van der Waals surface area contributed by atoms with Gasteiger partial charge in [0.15, 0.2) is 6.10 Å². The fraction of sp³-hybridized carbons (Fsp3) is 0.677. The number of carbonyl (C=O) groups excluding carboxylic acids is 3. The first-order valence-electron chi connectivity index (χ1n) is 29.4. The lowest BCUT2D eigenvalue weighted by Crippen LogP contribution is -2.30. The van der Waals surface area contributed by atoms with Crippen molar-refractivity contribution in [1.82, 2.24) is 0 Å². The van der Waals surface area contributed by atoms with E-state index < -0.39 is 6.10 Å². The molecule has 6 heteroatoms. The van der Waals surface area contributed by atoms with E-state index in [-0.39, 0.29) is 37.5 Å². The standard InChI is InChI=1S/C65H108O6/c1-4-7-10-13-16-19-21-23-25-26-27-28-29-30-31-32-33-34-35-36-37-38-40-41-43-46-49-52-55-58-64(67)70-61-62(60-69-63(66)57-54-51-48-45-18-15-12-9-6-3)71-65(68)59-56-53-50-47-44-42-39-24-22-20-17-14-11-8-5-2/h7-8,10-11,16-17,19-20,23-25,27-28,30-31,39,44,47,62H,4-6,9,12-15,18,21-22,26,29,32-38,40-43,45-46,48-61H2,1-3H3/b10-7-,11-8-,19-16-,20-17-,25-23-,28-27-,31-30-,39-24-,47-44-. The van der Waals surface area contributed by atoms with Gasteiger partial charge in [-0.25, -0.2) is 0 Å². The molecule has 0 spiro atoms. The molecule has 0 fully saturated rings. The highest BCUT2D eigenvalue weighted by Gasteiger charge is 2.19. The number of hydrogen-bond donors (Lipinski definition) is 0. The van der Waals surface area contributed by atoms with E-state index in [4.69, 9.17) is 14.2 Å². The molecule has 0 aliphatic heterocycles. The Morgan fingerprint density at radius 1 is 0.296 bits per heavy atom. The predicted octanol–water partition coefficient (Wildman–Crippen LogP) is 19.9. The molecule has 0 amide bonds. The number of ether oxygens (including phenoxy) is 3. The summed E-state index contributed by atoms with van der Waals surface area (Å²) in [6.45, 7) is 6.36. The predicted molar refractivity (Wildman–Crippen MR) is 307 cm³/mol. The van der Waals surface area contributed by atoms with Gasteiger partial charge in [-0.3, -0.25) is 14.4 Å². The molecule has 0 aliphatic rings. The molecule has 0 aromatic heterocycles. The molecule has 1 unspecified atom stereocenters. The Morgan fingerprint density at radius 3 is 0.887 bits per heavy atom. The van der Waals surface area contributed by atoms with E-state index in [9.17, 15) is 14.4 Å². The van der Waals surface area contributed by atoms with Gasteiger partial charge >= 0.3 is 17.9 Å². The van der Waals surface area contributed by atoms with Crippen LogP contribution in [0.5, 0.6) is 0 Å². The quantitative estimate of drug-likeness (QED) is 0.0261. The van der Waals surface area contributed by atoms with E-state index in [1.54, 1.807) is 0 Å². The SMILES string of the molecule is CC/C=C\C/C=C\C/C=C\C/C=C\C/C=C\CCCCCCCCCCCCCCCC(=O)OCC(COC(=O)CCCCCCCCCCC)OC(=O)CCCC/C=C\C/C=C\C/C=C\C/C=C\CC. The molecule has 0 rings (SSSR count). The topological polar surface area (TPSA) is 78.9 Å². The maximum Gasteiger partial charge on any atom is 0.306 e. The Kier molecular flexibility index (Phi) is 55.4. The van der Waals surface area contributed by atoms with E-state index in [1.807, 2.05) is 0 Å². The second-order valence-corrected chi connectivity index (χ2v) is 19.1. The van der Waals surface area contributed by atoms with Gasteiger partial charge in [-0.15, -0.1) is 0 Å². The third kappa shape index (κ3) is 56.9. The highest BCUT2D eigenvalue weighted by Crippen LogP contribution is 2.15. The summed E-state index contributed by atoms with van der Waals surface area (Å²) in [6.07, 6.45) is 79.6. The van der Waals surface area contributed by atoms with Crippen LogP contribution >= 0.6 is 0 Å². The fourth-order valence-corrected chi connectivity index (χ4v) is 7.93. The van der Waals surface area contributed by atoms with Crippen molar-refractivity contribution in [2.45, 2.75) is 271 Å². The highest BCUT2D eigenvalue weighted by atomic mass is 16.6. The van der Waals surface area contributed by atoms with Gasteiger partial charge in [0, 0.05) is 19.3 Å². The van der Waals surface area contributed by atoms with Crippen molar-refractivity contribution in [2.24, 2.45) is 0 Å². The number of allylic oxidation sites excluding steroid dienone is 18. The fourth-order valence-electron chi connectivity index (χ4n) is 7.93. The van der Waals surface area contributed by atoms with Crippen molar-refractivity contribution in [2.75, 3.05) is 13.2 Å². The van der Waals surface area contributed by atoms with Gasteiger partial charge in [0.25, 0.3) is 0 Å². The van der Waals surface area contributed by atoms with Crippen LogP contribution in [-0.4, -0.2) is 37.2 Å². The minimum atomic E-state index is -0.798. The number of rotatable bonds is 52. The lowest BCUT2D eigenvalue weighted by Gasteiger charge is -2.18. The van der Waals surface area contributed by atoms with Crippen molar-refractivity contribution in [1.29, 1.82) is 0 Å². The van der Waals surface area contributed by atoms with Gasteiger partial charge in [0.1, 0.15) is 13.2 Å². The van der Waals surface area contributed by atoms with Crippen LogP contribution in [0, 0.1) is 0 Å². The van der Waals surface area contributed by atoms with Gasteiger partial charge in [0.05, 0.1) is 0 Å². The van der Waals surface area contributed by atoms with Crippen LogP contribution in [0.15, 0.2) is 109 Å². The number of carbonyl (C=O) groups is 3. The highest BCUT2D eigenvalue weighted by molar-refractivity contribution is 5.71. The summed E-state index contributed by atoms with van der Waals surface area (Å²) in [7, 11) is 0. The third-order valence-electron chi connectivity index (χ3n) is 12.3. The average Bonchev–Trinajstić information content (AvgIpc) is 3.37. The summed E-state index contributed by atoms with van der Waals surface area (Å²) in [6, 6.07) is 0. The molecule has 0 bridgehead atoms. The summed E-state index contributed by atoms with van der Waals surface area (Å²) in [4.78, 5) is 38.0. The van der Waals surface area contributed by atoms with Gasteiger partial charge in [0.2, 0.25) is 0 Å². The number of hydrogen-bond acceptors (Lipinski definition) is 6. The summed E-state index contributed by atoms with van der Waals surface area (Å²) in [5.41, 5.74) is 0. The van der Waals surface area contributed by atoms with Gasteiger partial charge < -0.3 is 14.2 Å². The first-order chi connectivity index (χ1) is 35.0. The second-order valence-electron chi connectivity index (χ2n) is 19.1. The minimum absolute atomic E-state index is 0.0936. The zero-order chi connectivity index (χ0) is 51.4. The monoisotopic (exact) mass is 985 g/mol. The maximum absolute atomic E-state index is 12.8. The Balaban J connectivity index is 4.21. The summed E-state index contributed by atoms with van der Waals surface area (Å²) < 4.78 is 16.8. The van der Waals surface area contributed by atoms with Gasteiger partial charge in [-0.2, -0.15) is 0 Å². The van der Waals surface area contributed by atoms with Gasteiger partial charge in [-0.05, 0) is 103 Å². The zero-order valence-corrected chi connectivity index (χ0v) is 46.2. The van der Waals surface area contributed by atoms with E-state index in [0.717, 1.165) is 109 Å². The Hall–Kier alpha value is -3.93. The third-order valence-corrected chi connectivity index (χ3v) is 12.3. The van der Waals surface area contributed by atoms with Crippen molar-refractivity contribution in [3.63, 3.8) is 0 Å². The van der Waals surface area contributed by atoms with Crippen molar-refractivity contribution in [3.05, 3.63) is 109 Å². The molecular weight excluding hydrogens is 877 g/mol. The largest absolute Gasteiger partial charge is 0.462 e. The average molecular weight is 986 g/mol. The molecule has 71 heavy (non-hydrogen) atoms. The van der Waals surface area contributed by atoms with Crippen molar-refractivity contribution < 1.29 is 28.6 Å². The zero-order valence-electron chi connectivity index (χ0n) is 46.2. The van der Waals surface area contributed by atoms with Crippen LogP contribution in [0.1, 0.15) is 265 Å². The van der Waals surface area contributed by atoms with Crippen LogP contribution in [0.2, 0.25) is 0 Å². The smallest absolute Gasteiger partial charge is 0.306 e. The first-order valence-corrected chi connectivity index (χ1v) is 29.4. The molecule has 404 valence electrons. The maximum atomic E-state index is 12.8. The Labute approximate surface area is 438 Å². The molecule has 0 saturated carbocycles. The molecule has 0 aliphatic carbocycles. The van der Waals surface area contributed by atoms with E-state index in [0.29, 0.717) is 19.3 Å². The van der Waals surface area contributed by atoms with Crippen LogP contribution in [-0.2, 0) is 28.6 Å². The lowest BCUT2D eigenvalue weighted by molar-refractivity contribution is -0.167. The van der Waals surface area contributed by atoms with Gasteiger partial charge in [-0.1, -0.05) is 252 Å². The number of unbranched alkanes of at least 4 members (excludes halogenated alkanes) is 23. The van der Waals surface area contributed by atoms with Crippen molar-refractivity contribution >= 4 is 17.9 Å². The van der Waals surface area contributed by atoms with E-state index in [2.05, 4.69) is 130 Å². The molecule has 6 nitrogen and oxygen atoms in total. The molecule has 0 saturated heterocycles. The summed E-state index contributed by atoms with van der Waals surface area (Å²) >= 11 is 0. The summed E-state index contributed by atoms with van der Waals surface area (Å²) in [5, 5.41) is 0. The lowest BCUT2D eigenvalue weighted by atomic mass is 10.0. The minimum Gasteiger partial charge on any atom is -0.462 e. The van der Waals surface area contributed by atoms with E-state index >= 15 is 0 Å². The molecule has 0 aromatic rings. The van der Waals surface area contributed by atoms with Crippen LogP contribution in [0.4, 0.5) is 0 Å². The van der Waals surface area contributed by atoms with Crippen molar-refractivity contribution in [3.8, 4) is 0 Å². The first kappa shape index (κ1) is 67.1. The molecule has 0 N–H and O–H groups in total. The molecule has 0 aromatic carbocycles. The second kappa shape index (κ2) is 58.6. The molecular formula is C65H108O6.